The molecule has 2 heterocycles. The Balaban J connectivity index is 1.78. The van der Waals surface area contributed by atoms with Gasteiger partial charge in [-0.3, -0.25) is 9.69 Å². The molecular weight excluding hydrogens is 486 g/mol. The fourth-order valence-corrected chi connectivity index (χ4v) is 5.22. The molecule has 0 amide bonds. The van der Waals surface area contributed by atoms with Crippen LogP contribution in [0.3, 0.4) is 0 Å². The van der Waals surface area contributed by atoms with E-state index < -0.39 is 5.97 Å². The number of benzene rings is 2. The van der Waals surface area contributed by atoms with Crippen LogP contribution in [0.5, 0.6) is 5.75 Å². The van der Waals surface area contributed by atoms with E-state index in [1.54, 1.807) is 0 Å². The van der Waals surface area contributed by atoms with Crippen molar-refractivity contribution in [1.29, 1.82) is 0 Å². The third-order valence-electron chi connectivity index (χ3n) is 7.64. The minimum absolute atomic E-state index is 0.0446. The van der Waals surface area contributed by atoms with Gasteiger partial charge in [0.05, 0.1) is 12.2 Å². The molecule has 1 aromatic heterocycles. The van der Waals surface area contributed by atoms with Crippen molar-refractivity contribution in [1.82, 2.24) is 14.9 Å². The van der Waals surface area contributed by atoms with Crippen LogP contribution in [0, 0.1) is 13.8 Å². The Kier molecular flexibility index (Phi) is 9.18. The number of aromatic nitrogens is 2. The highest BCUT2D eigenvalue weighted by Crippen LogP contribution is 2.33. The second-order valence-electron chi connectivity index (χ2n) is 10.7. The molecule has 3 aromatic rings. The summed E-state index contributed by atoms with van der Waals surface area (Å²) in [5.41, 5.74) is 9.90. The van der Waals surface area contributed by atoms with Gasteiger partial charge >= 0.3 is 5.97 Å². The highest BCUT2D eigenvalue weighted by molar-refractivity contribution is 5.73. The molecule has 0 radical (unpaired) electrons. The highest BCUT2D eigenvalue weighted by Gasteiger charge is 2.23. The van der Waals surface area contributed by atoms with Crippen LogP contribution in [0.25, 0.3) is 17.0 Å². The molecule has 39 heavy (non-hydrogen) atoms. The zero-order chi connectivity index (χ0) is 28.1. The molecule has 0 fully saturated rings. The highest BCUT2D eigenvalue weighted by atomic mass is 16.5. The van der Waals surface area contributed by atoms with Gasteiger partial charge < -0.3 is 9.84 Å². The summed E-state index contributed by atoms with van der Waals surface area (Å²) < 4.78 is 6.44. The molecule has 4 rings (SSSR count). The number of ether oxygens (including phenoxy) is 1. The zero-order valence-corrected chi connectivity index (χ0v) is 24.2. The first-order valence-corrected chi connectivity index (χ1v) is 14.1. The number of nitrogens with zero attached hydrogens (tertiary/aromatic N) is 3. The van der Waals surface area contributed by atoms with Gasteiger partial charge in [0.25, 0.3) is 0 Å². The van der Waals surface area contributed by atoms with Crippen molar-refractivity contribution >= 4 is 11.5 Å². The molecule has 0 unspecified atom stereocenters. The van der Waals surface area contributed by atoms with E-state index in [2.05, 4.69) is 77.1 Å². The third kappa shape index (κ3) is 6.56. The molecule has 1 aliphatic heterocycles. The van der Waals surface area contributed by atoms with Gasteiger partial charge in [-0.25, -0.2) is 9.97 Å². The monoisotopic (exact) mass is 527 g/mol. The van der Waals surface area contributed by atoms with Gasteiger partial charge in [0, 0.05) is 29.9 Å². The number of aliphatic carboxylic acids is 1. The zero-order valence-electron chi connectivity index (χ0n) is 24.2. The number of carboxylic acids is 1. The maximum atomic E-state index is 11.3. The molecule has 6 nitrogen and oxygen atoms in total. The summed E-state index contributed by atoms with van der Waals surface area (Å²) in [5, 5.41) is 9.25. The van der Waals surface area contributed by atoms with Crippen LogP contribution in [0.15, 0.2) is 42.5 Å². The summed E-state index contributed by atoms with van der Waals surface area (Å²) >= 11 is 0. The summed E-state index contributed by atoms with van der Waals surface area (Å²) in [6.45, 7) is 14.5. The lowest BCUT2D eigenvalue weighted by Crippen LogP contribution is -2.33. The first kappa shape index (κ1) is 28.5. The fraction of sp³-hybridized carbons (Fsp3) is 0.424. The second kappa shape index (κ2) is 12.6. The predicted octanol–water partition coefficient (Wildman–Crippen LogP) is 6.76. The lowest BCUT2D eigenvalue weighted by atomic mass is 9.95. The molecule has 1 aliphatic rings. The number of rotatable bonds is 10. The number of aryl methyl sites for hydroxylation is 4. The Bertz CT molecular complexity index is 1350. The van der Waals surface area contributed by atoms with Crippen molar-refractivity contribution in [3.8, 4) is 17.1 Å². The lowest BCUT2D eigenvalue weighted by molar-refractivity contribution is -0.138. The summed E-state index contributed by atoms with van der Waals surface area (Å²) in [6.07, 6.45) is 4.67. The molecule has 0 bridgehead atoms. The maximum absolute atomic E-state index is 11.3. The number of hydrogen-bond acceptors (Lipinski definition) is 5. The van der Waals surface area contributed by atoms with Crippen molar-refractivity contribution in [2.75, 3.05) is 19.6 Å². The van der Waals surface area contributed by atoms with Gasteiger partial charge in [-0.1, -0.05) is 64.1 Å². The van der Waals surface area contributed by atoms with Crippen molar-refractivity contribution in [2.24, 2.45) is 0 Å². The largest absolute Gasteiger partial charge is 0.488 e. The topological polar surface area (TPSA) is 75.5 Å². The Morgan fingerprint density at radius 3 is 2.38 bits per heavy atom. The average Bonchev–Trinajstić information content (AvgIpc) is 2.92. The number of carbonyl (C=O) groups is 1. The number of hydrogen-bond donors (Lipinski definition) is 1. The smallest absolute Gasteiger partial charge is 0.317 e. The van der Waals surface area contributed by atoms with E-state index in [9.17, 15) is 9.90 Å². The van der Waals surface area contributed by atoms with E-state index in [1.807, 2.05) is 11.8 Å². The minimum atomic E-state index is -0.802. The van der Waals surface area contributed by atoms with Crippen LogP contribution < -0.4 is 4.74 Å². The first-order valence-electron chi connectivity index (χ1n) is 14.1. The van der Waals surface area contributed by atoms with Crippen LogP contribution >= 0.6 is 0 Å². The SMILES string of the molecule is CCc1cccc(CC)c1-c1nc(C)c(COc2cc(C(C)C)ccc2C)c(C2=CCN(CC(=O)O)CC2)n1. The summed E-state index contributed by atoms with van der Waals surface area (Å²) in [4.78, 5) is 23.5. The summed E-state index contributed by atoms with van der Waals surface area (Å²) in [7, 11) is 0. The average molecular weight is 528 g/mol. The molecule has 0 saturated carbocycles. The normalized spacial score (nSPS) is 14.0. The van der Waals surface area contributed by atoms with E-state index in [1.165, 1.54) is 16.7 Å². The van der Waals surface area contributed by atoms with Crippen LogP contribution in [0.4, 0.5) is 0 Å². The Morgan fingerprint density at radius 2 is 1.79 bits per heavy atom. The molecule has 206 valence electrons. The molecule has 0 aliphatic carbocycles. The van der Waals surface area contributed by atoms with E-state index >= 15 is 0 Å². The van der Waals surface area contributed by atoms with Crippen LogP contribution in [-0.2, 0) is 24.2 Å². The Morgan fingerprint density at radius 1 is 1.08 bits per heavy atom. The minimum Gasteiger partial charge on any atom is -0.488 e. The van der Waals surface area contributed by atoms with Crippen molar-refractivity contribution < 1.29 is 14.6 Å². The quantitative estimate of drug-likeness (QED) is 0.314. The van der Waals surface area contributed by atoms with Crippen molar-refractivity contribution in [3.63, 3.8) is 0 Å². The Hall–Kier alpha value is -3.51. The van der Waals surface area contributed by atoms with Gasteiger partial charge in [0.1, 0.15) is 12.4 Å². The van der Waals surface area contributed by atoms with E-state index in [-0.39, 0.29) is 6.54 Å². The predicted molar refractivity (Wildman–Crippen MR) is 157 cm³/mol. The summed E-state index contributed by atoms with van der Waals surface area (Å²) in [6, 6.07) is 12.9. The van der Waals surface area contributed by atoms with Gasteiger partial charge in [-0.15, -0.1) is 0 Å². The number of carboxylic acid groups (broad SMARTS) is 1. The van der Waals surface area contributed by atoms with Gasteiger partial charge in [-0.2, -0.15) is 0 Å². The molecular formula is C33H41N3O3. The van der Waals surface area contributed by atoms with Crippen LogP contribution in [-0.4, -0.2) is 45.6 Å². The standard InChI is InChI=1S/C33H41N3O3/c1-7-24-10-9-11-25(8-2)31(24)33-34-23(6)28(20-39-29-18-27(21(3)4)13-12-22(29)5)32(35-33)26-14-16-36(17-15-26)19-30(37)38/h9-14,18,21H,7-8,15-17,19-20H2,1-6H3,(H,37,38). The molecule has 6 heteroatoms. The van der Waals surface area contributed by atoms with Crippen molar-refractivity contribution in [2.45, 2.75) is 73.3 Å². The lowest BCUT2D eigenvalue weighted by Gasteiger charge is -2.26. The van der Waals surface area contributed by atoms with Crippen LogP contribution in [0.2, 0.25) is 0 Å². The molecule has 0 spiro atoms. The van der Waals surface area contributed by atoms with Gasteiger partial charge in [-0.05, 0) is 72.9 Å². The van der Waals surface area contributed by atoms with E-state index in [4.69, 9.17) is 14.7 Å². The first-order chi connectivity index (χ1) is 18.7. The summed E-state index contributed by atoms with van der Waals surface area (Å²) in [5.74, 6) is 1.25. The fourth-order valence-electron chi connectivity index (χ4n) is 5.22. The third-order valence-corrected chi connectivity index (χ3v) is 7.64. The van der Waals surface area contributed by atoms with E-state index in [0.29, 0.717) is 25.6 Å². The van der Waals surface area contributed by atoms with E-state index in [0.717, 1.165) is 64.5 Å². The molecule has 0 atom stereocenters. The Labute approximate surface area is 232 Å². The second-order valence-corrected chi connectivity index (χ2v) is 10.7. The molecule has 2 aromatic carbocycles. The van der Waals surface area contributed by atoms with Crippen LogP contribution in [0.1, 0.15) is 79.2 Å². The van der Waals surface area contributed by atoms with Gasteiger partial charge in [0.15, 0.2) is 5.82 Å². The van der Waals surface area contributed by atoms with Crippen molar-refractivity contribution in [3.05, 3.63) is 81.7 Å². The molecule has 1 N–H and O–H groups in total. The van der Waals surface area contributed by atoms with Gasteiger partial charge in [0.2, 0.25) is 0 Å². The molecule has 0 saturated heterocycles. The maximum Gasteiger partial charge on any atom is 0.317 e.